The molecule has 0 bridgehead atoms. The molecule has 0 aliphatic heterocycles. The Hall–Kier alpha value is -1.52. The molecule has 1 aromatic carbocycles. The molecule has 3 rings (SSSR count). The molecule has 0 spiro atoms. The van der Waals surface area contributed by atoms with Crippen molar-refractivity contribution in [3.8, 4) is 0 Å². The predicted molar refractivity (Wildman–Crippen MR) is 134 cm³/mol. The topological polar surface area (TPSA) is 7.76 Å². The lowest BCUT2D eigenvalue weighted by atomic mass is 10.0. The van der Waals surface area contributed by atoms with Gasteiger partial charge in [-0.1, -0.05) is 24.3 Å². The van der Waals surface area contributed by atoms with Crippen LogP contribution in [-0.2, 0) is 25.9 Å². The van der Waals surface area contributed by atoms with Gasteiger partial charge < -0.3 is 34.0 Å². The zero-order valence-corrected chi connectivity index (χ0v) is 24.7. The molecule has 0 saturated heterocycles. The second-order valence-corrected chi connectivity index (χ2v) is 9.54. The maximum absolute atomic E-state index is 2.44. The molecule has 0 aliphatic rings. The fourth-order valence-electron chi connectivity index (χ4n) is 4.28. The Bertz CT molecular complexity index is 924. The highest BCUT2D eigenvalue weighted by Gasteiger charge is 2.05. The van der Waals surface area contributed by atoms with Crippen LogP contribution in [0, 0.1) is 27.7 Å². The van der Waals surface area contributed by atoms with Crippen molar-refractivity contribution < 1.29 is 43.1 Å². The molecule has 0 saturated carbocycles. The van der Waals surface area contributed by atoms with Gasteiger partial charge in [0, 0.05) is 36.1 Å². The number of pyridine rings is 2. The summed E-state index contributed by atoms with van der Waals surface area (Å²) in [6.45, 7) is 11.0. The molecular formula is C30H42Br2N2. The van der Waals surface area contributed by atoms with E-state index in [0.717, 1.165) is 13.1 Å². The van der Waals surface area contributed by atoms with E-state index in [1.165, 1.54) is 84.7 Å². The van der Waals surface area contributed by atoms with Crippen LogP contribution in [0.15, 0.2) is 61.2 Å². The molecular weight excluding hydrogens is 548 g/mol. The van der Waals surface area contributed by atoms with Gasteiger partial charge in [-0.25, -0.2) is 9.13 Å². The third-order valence-electron chi connectivity index (χ3n) is 6.75. The van der Waals surface area contributed by atoms with Crippen molar-refractivity contribution in [2.45, 2.75) is 92.2 Å². The quantitative estimate of drug-likeness (QED) is 0.212. The number of unbranched alkanes of at least 4 members (excludes halogenated alkanes) is 4. The van der Waals surface area contributed by atoms with Crippen LogP contribution >= 0.6 is 0 Å². The summed E-state index contributed by atoms with van der Waals surface area (Å²) in [5.41, 5.74) is 8.53. The summed E-state index contributed by atoms with van der Waals surface area (Å²) in [5, 5.41) is 0. The summed E-state index contributed by atoms with van der Waals surface area (Å²) >= 11 is 0. The third kappa shape index (κ3) is 10.4. The van der Waals surface area contributed by atoms with E-state index in [2.05, 4.69) is 98.0 Å². The first-order valence-corrected chi connectivity index (χ1v) is 12.5. The average Bonchev–Trinajstić information content (AvgIpc) is 2.78. The van der Waals surface area contributed by atoms with E-state index in [1.807, 2.05) is 0 Å². The Morgan fingerprint density at radius 2 is 0.971 bits per heavy atom. The lowest BCUT2D eigenvalue weighted by Gasteiger charge is -2.06. The molecule has 2 heterocycles. The summed E-state index contributed by atoms with van der Waals surface area (Å²) in [4.78, 5) is 0. The van der Waals surface area contributed by atoms with Crippen molar-refractivity contribution in [2.75, 3.05) is 0 Å². The lowest BCUT2D eigenvalue weighted by molar-refractivity contribution is -0.697. The van der Waals surface area contributed by atoms with Gasteiger partial charge in [0.15, 0.2) is 24.8 Å². The van der Waals surface area contributed by atoms with E-state index < -0.39 is 0 Å². The molecule has 0 unspecified atom stereocenters. The van der Waals surface area contributed by atoms with Crippen LogP contribution in [0.5, 0.6) is 0 Å². The maximum Gasteiger partial charge on any atom is 0.171 e. The fourth-order valence-corrected chi connectivity index (χ4v) is 4.28. The molecule has 34 heavy (non-hydrogen) atoms. The van der Waals surface area contributed by atoms with Gasteiger partial charge >= 0.3 is 0 Å². The highest BCUT2D eigenvalue weighted by atomic mass is 79.9. The minimum Gasteiger partial charge on any atom is -1.00 e. The van der Waals surface area contributed by atoms with Crippen molar-refractivity contribution in [2.24, 2.45) is 0 Å². The number of halogens is 2. The normalized spacial score (nSPS) is 10.5. The Labute approximate surface area is 229 Å². The largest absolute Gasteiger partial charge is 1.00 e. The Balaban J connectivity index is 0.00000289. The molecule has 4 heteroatoms. The molecule has 0 atom stereocenters. The van der Waals surface area contributed by atoms with E-state index in [9.17, 15) is 0 Å². The number of aromatic nitrogens is 2. The highest BCUT2D eigenvalue weighted by molar-refractivity contribution is 5.23. The van der Waals surface area contributed by atoms with Gasteiger partial charge in [-0.2, -0.15) is 0 Å². The Kier molecular flexibility index (Phi) is 14.5. The smallest absolute Gasteiger partial charge is 0.171 e. The minimum atomic E-state index is 0. The van der Waals surface area contributed by atoms with Gasteiger partial charge in [0.25, 0.3) is 0 Å². The van der Waals surface area contributed by atoms with Crippen LogP contribution in [0.3, 0.4) is 0 Å². The van der Waals surface area contributed by atoms with Gasteiger partial charge in [-0.15, -0.1) is 0 Å². The second-order valence-electron chi connectivity index (χ2n) is 9.54. The van der Waals surface area contributed by atoms with Gasteiger partial charge in [0.2, 0.25) is 0 Å². The van der Waals surface area contributed by atoms with Crippen molar-refractivity contribution in [1.29, 1.82) is 0 Å². The molecule has 0 aliphatic carbocycles. The first-order valence-electron chi connectivity index (χ1n) is 12.5. The SMILES string of the molecule is Cc1cc[n+](CCCCCc2cccc(CCCCC[n+]3ccc(C)c(C)c3)c2)cc1C.[Br-].[Br-]. The molecule has 0 amide bonds. The third-order valence-corrected chi connectivity index (χ3v) is 6.75. The van der Waals surface area contributed by atoms with Crippen molar-refractivity contribution >= 4 is 0 Å². The van der Waals surface area contributed by atoms with E-state index in [4.69, 9.17) is 0 Å². The predicted octanol–water partition coefficient (Wildman–Crippen LogP) is 0.329. The van der Waals surface area contributed by atoms with Crippen LogP contribution in [-0.4, -0.2) is 0 Å². The summed E-state index contributed by atoms with van der Waals surface area (Å²) in [5.74, 6) is 0. The molecule has 0 N–H and O–H groups in total. The molecule has 0 fully saturated rings. The van der Waals surface area contributed by atoms with E-state index in [-0.39, 0.29) is 34.0 Å². The Morgan fingerprint density at radius 1 is 0.529 bits per heavy atom. The van der Waals surface area contributed by atoms with Crippen molar-refractivity contribution in [1.82, 2.24) is 0 Å². The summed E-state index contributed by atoms with van der Waals surface area (Å²) in [7, 11) is 0. The average molecular weight is 590 g/mol. The standard InChI is InChI=1S/C30H42N2.2BrH/c1-25-16-20-31(23-27(25)3)18-9-5-7-12-29-14-11-15-30(22-29)13-8-6-10-19-32-21-17-26(2)28(4)24-32;;/h11,14-17,20-24H,5-10,12-13,18-19H2,1-4H3;2*1H/q+2;;/p-2. The number of hydrogen-bond acceptors (Lipinski definition) is 0. The monoisotopic (exact) mass is 588 g/mol. The van der Waals surface area contributed by atoms with Crippen LogP contribution in [0.2, 0.25) is 0 Å². The molecule has 0 radical (unpaired) electrons. The number of aryl methyl sites for hydroxylation is 8. The Morgan fingerprint density at radius 3 is 1.38 bits per heavy atom. The second kappa shape index (κ2) is 16.2. The number of benzene rings is 1. The fraction of sp³-hybridized carbons (Fsp3) is 0.467. The van der Waals surface area contributed by atoms with Crippen LogP contribution in [0.25, 0.3) is 0 Å². The molecule has 186 valence electrons. The van der Waals surface area contributed by atoms with Gasteiger partial charge in [0.1, 0.15) is 13.1 Å². The van der Waals surface area contributed by atoms with Crippen molar-refractivity contribution in [3.63, 3.8) is 0 Å². The summed E-state index contributed by atoms with van der Waals surface area (Å²) in [6.07, 6.45) is 19.0. The zero-order valence-electron chi connectivity index (χ0n) is 21.5. The van der Waals surface area contributed by atoms with Crippen LogP contribution in [0.4, 0.5) is 0 Å². The van der Waals surface area contributed by atoms with E-state index in [1.54, 1.807) is 0 Å². The van der Waals surface area contributed by atoms with Crippen LogP contribution in [0.1, 0.15) is 71.9 Å². The number of hydrogen-bond donors (Lipinski definition) is 0. The highest BCUT2D eigenvalue weighted by Crippen LogP contribution is 2.13. The molecule has 2 aromatic heterocycles. The number of rotatable bonds is 12. The van der Waals surface area contributed by atoms with E-state index >= 15 is 0 Å². The van der Waals surface area contributed by atoms with Crippen LogP contribution < -0.4 is 43.1 Å². The molecule has 3 aromatic rings. The van der Waals surface area contributed by atoms with Gasteiger partial charge in [-0.05, 0) is 88.5 Å². The minimum absolute atomic E-state index is 0. The van der Waals surface area contributed by atoms with Gasteiger partial charge in [-0.3, -0.25) is 0 Å². The van der Waals surface area contributed by atoms with Crippen molar-refractivity contribution in [3.05, 3.63) is 94.6 Å². The molecule has 2 nitrogen and oxygen atoms in total. The number of nitrogens with zero attached hydrogens (tertiary/aromatic N) is 2. The lowest BCUT2D eigenvalue weighted by Crippen LogP contribution is -3.00. The zero-order chi connectivity index (χ0) is 22.8. The van der Waals surface area contributed by atoms with E-state index in [0.29, 0.717) is 0 Å². The maximum atomic E-state index is 2.44. The first kappa shape index (κ1) is 30.5. The first-order chi connectivity index (χ1) is 15.5. The summed E-state index contributed by atoms with van der Waals surface area (Å²) in [6, 6.07) is 13.7. The summed E-state index contributed by atoms with van der Waals surface area (Å²) < 4.78 is 4.67. The van der Waals surface area contributed by atoms with Gasteiger partial charge in [0.05, 0.1) is 0 Å².